The monoisotopic (exact) mass is 272 g/mol. The third kappa shape index (κ3) is 2.59. The predicted octanol–water partition coefficient (Wildman–Crippen LogP) is 1.33. The largest absolute Gasteiger partial charge is 0.422 e. The summed E-state index contributed by atoms with van der Waals surface area (Å²) in [5.74, 6) is -0.887. The van der Waals surface area contributed by atoms with Crippen molar-refractivity contribution in [3.05, 3.63) is 58.5 Å². The summed E-state index contributed by atoms with van der Waals surface area (Å²) in [6.07, 6.45) is 2.22. The predicted molar refractivity (Wildman–Crippen MR) is 73.4 cm³/mol. The first-order chi connectivity index (χ1) is 9.52. The normalized spacial score (nSPS) is 10.2. The van der Waals surface area contributed by atoms with Crippen molar-refractivity contribution in [2.75, 3.05) is 0 Å². The zero-order chi connectivity index (χ0) is 14.7. The second kappa shape index (κ2) is 5.40. The molecule has 6 heteroatoms. The number of carbonyl (C=O) groups is 2. The molecule has 1 aromatic heterocycles. The molecule has 0 aliphatic carbocycles. The number of allylic oxidation sites excluding steroid dienone is 1. The highest BCUT2D eigenvalue weighted by Crippen LogP contribution is 2.19. The van der Waals surface area contributed by atoms with Gasteiger partial charge in [-0.25, -0.2) is 9.59 Å². The van der Waals surface area contributed by atoms with Crippen molar-refractivity contribution in [3.63, 3.8) is 0 Å². The maximum Gasteiger partial charge on any atom is 0.349 e. The fourth-order valence-electron chi connectivity index (χ4n) is 1.86. The number of rotatable bonds is 3. The van der Waals surface area contributed by atoms with E-state index >= 15 is 0 Å². The molecular formula is C14H12N2O4. The van der Waals surface area contributed by atoms with Crippen LogP contribution in [0.2, 0.25) is 0 Å². The molecule has 2 rings (SSSR count). The number of hydrogen-bond donors (Lipinski definition) is 2. The molecular weight excluding hydrogens is 260 g/mol. The maximum absolute atomic E-state index is 11.8. The standard InChI is InChI=1S/C14H12N2O4/c1-2-4-8-5-3-6-9-7-10(12(17)16-14(15)19)13(18)20-11(8)9/h2-3,5-7H,1,4H2,(H3,15,16,17,19). The first-order valence-electron chi connectivity index (χ1n) is 5.80. The van der Waals surface area contributed by atoms with Gasteiger partial charge < -0.3 is 10.2 Å². The van der Waals surface area contributed by atoms with Crippen LogP contribution >= 0.6 is 0 Å². The number of carbonyl (C=O) groups excluding carboxylic acids is 2. The minimum atomic E-state index is -1.03. The number of fused-ring (bicyclic) bond motifs is 1. The second-order valence-corrected chi connectivity index (χ2v) is 4.09. The molecule has 0 saturated heterocycles. The lowest BCUT2D eigenvalue weighted by molar-refractivity contribution is 0.0963. The molecule has 3 amide bonds. The number of benzene rings is 1. The number of amides is 3. The minimum Gasteiger partial charge on any atom is -0.422 e. The Morgan fingerprint density at radius 3 is 2.80 bits per heavy atom. The Balaban J connectivity index is 2.59. The van der Waals surface area contributed by atoms with E-state index in [9.17, 15) is 14.4 Å². The Morgan fingerprint density at radius 1 is 1.40 bits per heavy atom. The van der Waals surface area contributed by atoms with Crippen LogP contribution in [0.5, 0.6) is 0 Å². The molecule has 0 atom stereocenters. The van der Waals surface area contributed by atoms with Gasteiger partial charge in [-0.1, -0.05) is 24.3 Å². The third-order valence-electron chi connectivity index (χ3n) is 2.69. The Morgan fingerprint density at radius 2 is 2.15 bits per heavy atom. The van der Waals surface area contributed by atoms with E-state index in [1.165, 1.54) is 6.07 Å². The Hall–Kier alpha value is -2.89. The molecule has 1 heterocycles. The number of nitrogens with two attached hydrogens (primary N) is 1. The molecule has 0 aliphatic heterocycles. The summed E-state index contributed by atoms with van der Waals surface area (Å²) >= 11 is 0. The van der Waals surface area contributed by atoms with Gasteiger partial charge in [0.15, 0.2) is 0 Å². The molecule has 6 nitrogen and oxygen atoms in total. The van der Waals surface area contributed by atoms with Crippen molar-refractivity contribution < 1.29 is 14.0 Å². The summed E-state index contributed by atoms with van der Waals surface area (Å²) < 4.78 is 5.16. The molecule has 0 unspecified atom stereocenters. The molecule has 0 fully saturated rings. The van der Waals surface area contributed by atoms with Crippen molar-refractivity contribution in [2.45, 2.75) is 6.42 Å². The highest BCUT2D eigenvalue weighted by molar-refractivity contribution is 6.04. The zero-order valence-electron chi connectivity index (χ0n) is 10.5. The van der Waals surface area contributed by atoms with Crippen LogP contribution in [0.15, 0.2) is 46.1 Å². The van der Waals surface area contributed by atoms with Gasteiger partial charge in [-0.05, 0) is 18.1 Å². The van der Waals surface area contributed by atoms with Crippen LogP contribution in [0.4, 0.5) is 4.79 Å². The SMILES string of the molecule is C=CCc1cccc2cc(C(=O)NC(N)=O)c(=O)oc12. The second-order valence-electron chi connectivity index (χ2n) is 4.09. The number of hydrogen-bond acceptors (Lipinski definition) is 4. The van der Waals surface area contributed by atoms with Gasteiger partial charge in [-0.3, -0.25) is 10.1 Å². The molecule has 0 aliphatic rings. The minimum absolute atomic E-state index is 0.271. The Kier molecular flexibility index (Phi) is 3.65. The number of nitrogens with one attached hydrogen (secondary N) is 1. The number of para-hydroxylation sites is 1. The quantitative estimate of drug-likeness (QED) is 0.649. The van der Waals surface area contributed by atoms with E-state index in [1.54, 1.807) is 24.3 Å². The van der Waals surface area contributed by atoms with Gasteiger partial charge in [0.05, 0.1) is 0 Å². The van der Waals surface area contributed by atoms with E-state index in [0.717, 1.165) is 5.56 Å². The summed E-state index contributed by atoms with van der Waals surface area (Å²) in [5, 5.41) is 2.41. The van der Waals surface area contributed by atoms with Crippen molar-refractivity contribution in [3.8, 4) is 0 Å². The topological polar surface area (TPSA) is 102 Å². The van der Waals surface area contributed by atoms with Crippen LogP contribution in [-0.2, 0) is 6.42 Å². The van der Waals surface area contributed by atoms with Gasteiger partial charge in [-0.15, -0.1) is 6.58 Å². The smallest absolute Gasteiger partial charge is 0.349 e. The molecule has 2 aromatic rings. The van der Waals surface area contributed by atoms with E-state index in [4.69, 9.17) is 10.2 Å². The van der Waals surface area contributed by atoms with Gasteiger partial charge in [0.2, 0.25) is 0 Å². The molecule has 102 valence electrons. The van der Waals surface area contributed by atoms with E-state index in [1.807, 2.05) is 5.32 Å². The van der Waals surface area contributed by atoms with Gasteiger partial charge in [-0.2, -0.15) is 0 Å². The summed E-state index contributed by atoms with van der Waals surface area (Å²) in [6, 6.07) is 5.61. The molecule has 0 radical (unpaired) electrons. The third-order valence-corrected chi connectivity index (χ3v) is 2.69. The van der Waals surface area contributed by atoms with E-state index < -0.39 is 17.6 Å². The van der Waals surface area contributed by atoms with Crippen LogP contribution in [-0.4, -0.2) is 11.9 Å². The maximum atomic E-state index is 11.8. The van der Waals surface area contributed by atoms with E-state index in [0.29, 0.717) is 17.4 Å². The van der Waals surface area contributed by atoms with Crippen LogP contribution in [0.25, 0.3) is 11.0 Å². The number of imide groups is 1. The Bertz CT molecular complexity index is 761. The van der Waals surface area contributed by atoms with Crippen LogP contribution in [0, 0.1) is 0 Å². The van der Waals surface area contributed by atoms with Crippen LogP contribution in [0.3, 0.4) is 0 Å². The molecule has 0 saturated carbocycles. The number of primary amides is 1. The van der Waals surface area contributed by atoms with E-state index in [2.05, 4.69) is 6.58 Å². The van der Waals surface area contributed by atoms with Crippen molar-refractivity contribution in [1.82, 2.24) is 5.32 Å². The average molecular weight is 272 g/mol. The van der Waals surface area contributed by atoms with E-state index in [-0.39, 0.29) is 5.56 Å². The Labute approximate surface area is 113 Å². The van der Waals surface area contributed by atoms with Gasteiger partial charge in [0.25, 0.3) is 5.91 Å². The van der Waals surface area contributed by atoms with Crippen molar-refractivity contribution >= 4 is 22.9 Å². The summed E-state index contributed by atoms with van der Waals surface area (Å²) in [4.78, 5) is 34.1. The lowest BCUT2D eigenvalue weighted by atomic mass is 10.1. The molecule has 1 aromatic carbocycles. The molecule has 20 heavy (non-hydrogen) atoms. The summed E-state index contributed by atoms with van der Waals surface area (Å²) in [5.41, 5.74) is 4.93. The van der Waals surface area contributed by atoms with Crippen molar-refractivity contribution in [1.29, 1.82) is 0 Å². The highest BCUT2D eigenvalue weighted by atomic mass is 16.4. The van der Waals surface area contributed by atoms with Crippen LogP contribution < -0.4 is 16.7 Å². The average Bonchev–Trinajstić information content (AvgIpc) is 2.38. The first-order valence-corrected chi connectivity index (χ1v) is 5.80. The van der Waals surface area contributed by atoms with Crippen molar-refractivity contribution in [2.24, 2.45) is 5.73 Å². The number of urea groups is 1. The zero-order valence-corrected chi connectivity index (χ0v) is 10.5. The summed E-state index contributed by atoms with van der Waals surface area (Å²) in [7, 11) is 0. The molecule has 0 spiro atoms. The fourth-order valence-corrected chi connectivity index (χ4v) is 1.86. The summed E-state index contributed by atoms with van der Waals surface area (Å²) in [6.45, 7) is 3.63. The molecule has 3 N–H and O–H groups in total. The first kappa shape index (κ1) is 13.5. The lowest BCUT2D eigenvalue weighted by Crippen LogP contribution is -2.37. The molecule has 0 bridgehead atoms. The fraction of sp³-hybridized carbons (Fsp3) is 0.0714. The highest BCUT2D eigenvalue weighted by Gasteiger charge is 2.15. The lowest BCUT2D eigenvalue weighted by Gasteiger charge is -2.05. The van der Waals surface area contributed by atoms with Crippen LogP contribution in [0.1, 0.15) is 15.9 Å². The van der Waals surface area contributed by atoms with Gasteiger partial charge in [0.1, 0.15) is 11.1 Å². The van der Waals surface area contributed by atoms with Gasteiger partial charge >= 0.3 is 11.7 Å². The van der Waals surface area contributed by atoms with Gasteiger partial charge in [0, 0.05) is 5.39 Å².